The van der Waals surface area contributed by atoms with Gasteiger partial charge in [-0.05, 0) is 57.4 Å². The van der Waals surface area contributed by atoms with Gasteiger partial charge in [0, 0.05) is 7.05 Å². The number of carbonyl (C=O) groups is 1. The topological polar surface area (TPSA) is 38.8 Å². The number of halogens is 2. The first-order chi connectivity index (χ1) is 12.9. The highest BCUT2D eigenvalue weighted by molar-refractivity contribution is 9.10. The van der Waals surface area contributed by atoms with Crippen molar-refractivity contribution in [3.8, 4) is 11.5 Å². The molecular formula is C19H15BrFNO3S2. The lowest BCUT2D eigenvalue weighted by atomic mass is 10.1. The highest BCUT2D eigenvalue weighted by atomic mass is 79.9. The molecule has 0 aliphatic carbocycles. The van der Waals surface area contributed by atoms with Crippen molar-refractivity contribution in [2.75, 3.05) is 14.2 Å². The molecule has 0 atom stereocenters. The van der Waals surface area contributed by atoms with Crippen molar-refractivity contribution in [3.05, 3.63) is 62.7 Å². The maximum absolute atomic E-state index is 13.0. The molecule has 0 spiro atoms. The van der Waals surface area contributed by atoms with E-state index in [-0.39, 0.29) is 18.3 Å². The Balaban J connectivity index is 1.84. The molecule has 2 aromatic carbocycles. The molecule has 1 saturated heterocycles. The second-order valence-corrected chi connectivity index (χ2v) is 8.22. The van der Waals surface area contributed by atoms with Crippen LogP contribution in [0.2, 0.25) is 0 Å². The van der Waals surface area contributed by atoms with Gasteiger partial charge in [-0.1, -0.05) is 36.1 Å². The molecular weight excluding hydrogens is 453 g/mol. The van der Waals surface area contributed by atoms with Crippen LogP contribution in [0.3, 0.4) is 0 Å². The van der Waals surface area contributed by atoms with Crippen LogP contribution in [-0.2, 0) is 11.4 Å². The summed E-state index contributed by atoms with van der Waals surface area (Å²) in [7, 11) is 3.20. The van der Waals surface area contributed by atoms with Crippen molar-refractivity contribution >= 4 is 56.2 Å². The molecule has 27 heavy (non-hydrogen) atoms. The molecule has 1 aliphatic heterocycles. The zero-order valence-corrected chi connectivity index (χ0v) is 17.7. The minimum atomic E-state index is -0.292. The highest BCUT2D eigenvalue weighted by Gasteiger charge is 2.28. The van der Waals surface area contributed by atoms with Crippen LogP contribution in [0.5, 0.6) is 11.5 Å². The van der Waals surface area contributed by atoms with E-state index in [1.807, 2.05) is 6.07 Å². The Morgan fingerprint density at radius 1 is 1.30 bits per heavy atom. The fourth-order valence-corrected chi connectivity index (χ4v) is 4.15. The third-order valence-corrected chi connectivity index (χ3v) is 5.91. The number of nitrogens with zero attached hydrogens (tertiary/aromatic N) is 1. The van der Waals surface area contributed by atoms with Gasteiger partial charge in [0.15, 0.2) is 11.5 Å². The first-order valence-corrected chi connectivity index (χ1v) is 9.87. The van der Waals surface area contributed by atoms with Gasteiger partial charge in [-0.2, -0.15) is 0 Å². The van der Waals surface area contributed by atoms with Gasteiger partial charge in [-0.25, -0.2) is 4.39 Å². The molecule has 0 saturated carbocycles. The number of thiocarbonyl (C=S) groups is 1. The first kappa shape index (κ1) is 19.9. The van der Waals surface area contributed by atoms with Gasteiger partial charge >= 0.3 is 0 Å². The zero-order valence-electron chi connectivity index (χ0n) is 14.5. The number of hydrogen-bond donors (Lipinski definition) is 0. The van der Waals surface area contributed by atoms with Gasteiger partial charge in [0.25, 0.3) is 5.91 Å². The normalized spacial score (nSPS) is 15.6. The number of amides is 1. The van der Waals surface area contributed by atoms with Crippen molar-refractivity contribution < 1.29 is 18.7 Å². The summed E-state index contributed by atoms with van der Waals surface area (Å²) in [4.78, 5) is 14.2. The van der Waals surface area contributed by atoms with E-state index in [0.717, 1.165) is 11.1 Å². The number of thioether (sulfide) groups is 1. The summed E-state index contributed by atoms with van der Waals surface area (Å²) < 4.78 is 25.5. The molecule has 1 amide bonds. The third kappa shape index (κ3) is 4.51. The number of rotatable bonds is 5. The molecule has 0 bridgehead atoms. The Hall–Kier alpha value is -1.90. The maximum Gasteiger partial charge on any atom is 0.265 e. The van der Waals surface area contributed by atoms with E-state index in [9.17, 15) is 9.18 Å². The number of benzene rings is 2. The molecule has 140 valence electrons. The lowest BCUT2D eigenvalue weighted by Crippen LogP contribution is -2.22. The van der Waals surface area contributed by atoms with Crippen LogP contribution in [0, 0.1) is 5.82 Å². The molecule has 0 radical (unpaired) electrons. The molecule has 1 fully saturated rings. The fourth-order valence-electron chi connectivity index (χ4n) is 2.40. The third-order valence-electron chi connectivity index (χ3n) is 3.83. The Morgan fingerprint density at radius 2 is 2.00 bits per heavy atom. The minimum Gasteiger partial charge on any atom is -0.493 e. The van der Waals surface area contributed by atoms with Gasteiger partial charge in [-0.3, -0.25) is 9.69 Å². The number of hydrogen-bond acceptors (Lipinski definition) is 5. The lowest BCUT2D eigenvalue weighted by Gasteiger charge is -2.14. The van der Waals surface area contributed by atoms with Crippen LogP contribution in [0.1, 0.15) is 11.1 Å². The lowest BCUT2D eigenvalue weighted by molar-refractivity contribution is -0.121. The second kappa shape index (κ2) is 8.41. The van der Waals surface area contributed by atoms with Crippen LogP contribution in [0.15, 0.2) is 45.8 Å². The highest BCUT2D eigenvalue weighted by Crippen LogP contribution is 2.39. The van der Waals surface area contributed by atoms with Gasteiger partial charge in [0.2, 0.25) is 0 Å². The SMILES string of the molecule is COc1cc(C=C2SC(=S)N(C)C2=O)cc(Br)c1OCc1ccc(F)cc1. The quantitative estimate of drug-likeness (QED) is 0.456. The van der Waals surface area contributed by atoms with E-state index < -0.39 is 0 Å². The minimum absolute atomic E-state index is 0.128. The summed E-state index contributed by atoms with van der Waals surface area (Å²) in [6.07, 6.45) is 1.76. The van der Waals surface area contributed by atoms with Gasteiger partial charge in [0.05, 0.1) is 16.5 Å². The first-order valence-electron chi connectivity index (χ1n) is 7.85. The summed E-state index contributed by atoms with van der Waals surface area (Å²) in [5.41, 5.74) is 1.61. The summed E-state index contributed by atoms with van der Waals surface area (Å²) in [5.74, 6) is 0.628. The fraction of sp³-hybridized carbons (Fsp3) is 0.158. The standard InChI is InChI=1S/C19H15BrFNO3S2/c1-22-18(23)16(27-19(22)26)9-12-7-14(20)17(15(8-12)24-2)25-10-11-3-5-13(21)6-4-11/h3-9H,10H2,1-2H3. The Labute approximate surface area is 174 Å². The van der Waals surface area contributed by atoms with Gasteiger partial charge < -0.3 is 9.47 Å². The van der Waals surface area contributed by atoms with E-state index in [1.54, 1.807) is 38.4 Å². The van der Waals surface area contributed by atoms with Crippen molar-refractivity contribution in [2.24, 2.45) is 0 Å². The van der Waals surface area contributed by atoms with E-state index in [0.29, 0.717) is 25.2 Å². The van der Waals surface area contributed by atoms with Crippen LogP contribution in [0.4, 0.5) is 4.39 Å². The van der Waals surface area contributed by atoms with Crippen LogP contribution < -0.4 is 9.47 Å². The molecule has 1 aliphatic rings. The average molecular weight is 468 g/mol. The number of carbonyl (C=O) groups excluding carboxylic acids is 1. The van der Waals surface area contributed by atoms with Gasteiger partial charge in [0.1, 0.15) is 16.7 Å². The smallest absolute Gasteiger partial charge is 0.265 e. The van der Waals surface area contributed by atoms with E-state index in [4.69, 9.17) is 21.7 Å². The Morgan fingerprint density at radius 3 is 2.59 bits per heavy atom. The van der Waals surface area contributed by atoms with Crippen LogP contribution >= 0.6 is 39.9 Å². The molecule has 2 aromatic rings. The molecule has 0 aromatic heterocycles. The van der Waals surface area contributed by atoms with E-state index in [2.05, 4.69) is 15.9 Å². The average Bonchev–Trinajstić information content (AvgIpc) is 2.88. The summed E-state index contributed by atoms with van der Waals surface area (Å²) in [5, 5.41) is 0. The second-order valence-electron chi connectivity index (χ2n) is 5.69. The largest absolute Gasteiger partial charge is 0.493 e. The maximum atomic E-state index is 13.0. The molecule has 0 N–H and O–H groups in total. The van der Waals surface area contributed by atoms with Crippen molar-refractivity contribution in [1.82, 2.24) is 4.90 Å². The number of ether oxygens (including phenoxy) is 2. The number of likely N-dealkylation sites (N-methyl/N-ethyl adjacent to an activating group) is 1. The molecule has 4 nitrogen and oxygen atoms in total. The van der Waals surface area contributed by atoms with Crippen LogP contribution in [0.25, 0.3) is 6.08 Å². The summed E-state index contributed by atoms with van der Waals surface area (Å²) in [6, 6.07) is 9.72. The van der Waals surface area contributed by atoms with Crippen molar-refractivity contribution in [2.45, 2.75) is 6.61 Å². The van der Waals surface area contributed by atoms with E-state index >= 15 is 0 Å². The molecule has 0 unspecified atom stereocenters. The number of methoxy groups -OCH3 is 1. The molecule has 8 heteroatoms. The van der Waals surface area contributed by atoms with Crippen molar-refractivity contribution in [1.29, 1.82) is 0 Å². The zero-order chi connectivity index (χ0) is 19.6. The monoisotopic (exact) mass is 467 g/mol. The predicted octanol–water partition coefficient (Wildman–Crippen LogP) is 5.01. The van der Waals surface area contributed by atoms with Crippen molar-refractivity contribution in [3.63, 3.8) is 0 Å². The Bertz CT molecular complexity index is 931. The van der Waals surface area contributed by atoms with Gasteiger partial charge in [-0.15, -0.1) is 0 Å². The Kier molecular flexibility index (Phi) is 6.18. The summed E-state index contributed by atoms with van der Waals surface area (Å²) in [6.45, 7) is 0.267. The molecule has 3 rings (SSSR count). The van der Waals surface area contributed by atoms with Crippen LogP contribution in [-0.4, -0.2) is 29.3 Å². The predicted molar refractivity (Wildman–Crippen MR) is 112 cm³/mol. The summed E-state index contributed by atoms with van der Waals surface area (Å²) >= 11 is 9.90. The van der Waals surface area contributed by atoms with E-state index in [1.165, 1.54) is 28.8 Å². The molecule has 1 heterocycles.